The Kier molecular flexibility index (Phi) is 6.84. The number of carbonyl (C=O) groups excluding carboxylic acids is 2. The first-order valence-corrected chi connectivity index (χ1v) is 11.3. The predicted octanol–water partition coefficient (Wildman–Crippen LogP) is 4.43. The lowest BCUT2D eigenvalue weighted by atomic mass is 10.1. The zero-order chi connectivity index (χ0) is 26.4. The minimum Gasteiger partial charge on any atom is -0.340 e. The minimum absolute atomic E-state index is 0.0721. The number of fused-ring (bicyclic) bond motifs is 1. The van der Waals surface area contributed by atoms with Gasteiger partial charge < -0.3 is 10.6 Å². The van der Waals surface area contributed by atoms with E-state index >= 15 is 0 Å². The van der Waals surface area contributed by atoms with E-state index in [1.165, 1.54) is 24.0 Å². The van der Waals surface area contributed by atoms with Crippen molar-refractivity contribution in [2.45, 2.75) is 25.6 Å². The van der Waals surface area contributed by atoms with E-state index in [-0.39, 0.29) is 39.1 Å². The molecule has 3 aromatic rings. The lowest BCUT2D eigenvalue weighted by molar-refractivity contribution is -0.153. The molecule has 3 heterocycles. The van der Waals surface area contributed by atoms with Crippen LogP contribution in [0.25, 0.3) is 16.7 Å². The van der Waals surface area contributed by atoms with E-state index in [1.807, 2.05) is 5.32 Å². The Balaban J connectivity index is 1.97. The van der Waals surface area contributed by atoms with Gasteiger partial charge in [0, 0.05) is 19.3 Å². The van der Waals surface area contributed by atoms with Crippen LogP contribution in [0.5, 0.6) is 0 Å². The van der Waals surface area contributed by atoms with Gasteiger partial charge in [0.1, 0.15) is 23.2 Å². The molecule has 2 aromatic heterocycles. The van der Waals surface area contributed by atoms with Gasteiger partial charge in [0.15, 0.2) is 5.65 Å². The van der Waals surface area contributed by atoms with Crippen molar-refractivity contribution in [3.05, 3.63) is 62.1 Å². The molecule has 0 spiro atoms. The Bertz CT molecular complexity index is 1420. The van der Waals surface area contributed by atoms with Gasteiger partial charge in [-0.05, 0) is 30.7 Å². The summed E-state index contributed by atoms with van der Waals surface area (Å²) in [5, 5.41) is 3.83. The maximum Gasteiger partial charge on any atom is 0.408 e. The van der Waals surface area contributed by atoms with Crippen molar-refractivity contribution in [1.82, 2.24) is 20.2 Å². The molecule has 3 amide bonds. The number of nitrogens with one attached hydrogen (secondary N) is 2. The molecule has 1 aromatic carbocycles. The summed E-state index contributed by atoms with van der Waals surface area (Å²) in [5.41, 5.74) is -1.73. The molecule has 36 heavy (non-hydrogen) atoms. The average Bonchev–Trinajstić information content (AvgIpc) is 3.22. The first kappa shape index (κ1) is 25.7. The topological polar surface area (TPSA) is 96.3 Å². The predicted molar refractivity (Wildman–Crippen MR) is 126 cm³/mol. The molecule has 1 saturated heterocycles. The third-order valence-electron chi connectivity index (χ3n) is 5.55. The van der Waals surface area contributed by atoms with Gasteiger partial charge in [-0.1, -0.05) is 30.1 Å². The fourth-order valence-electron chi connectivity index (χ4n) is 3.78. The summed E-state index contributed by atoms with van der Waals surface area (Å²) >= 11 is 12.4. The molecule has 190 valence electrons. The van der Waals surface area contributed by atoms with Crippen molar-refractivity contribution < 1.29 is 27.2 Å². The van der Waals surface area contributed by atoms with Crippen molar-refractivity contribution in [1.29, 1.82) is 0 Å². The van der Waals surface area contributed by atoms with E-state index in [1.54, 1.807) is 0 Å². The number of anilines is 1. The van der Waals surface area contributed by atoms with Crippen LogP contribution in [0.1, 0.15) is 23.7 Å². The molecule has 0 bridgehead atoms. The summed E-state index contributed by atoms with van der Waals surface area (Å²) in [7, 11) is 0. The van der Waals surface area contributed by atoms with Crippen LogP contribution in [0.2, 0.25) is 10.0 Å². The van der Waals surface area contributed by atoms with Gasteiger partial charge >= 0.3 is 12.2 Å². The van der Waals surface area contributed by atoms with Crippen LogP contribution in [0.15, 0.2) is 35.3 Å². The van der Waals surface area contributed by atoms with Gasteiger partial charge in [0.05, 0.1) is 21.1 Å². The maximum absolute atomic E-state index is 13.8. The van der Waals surface area contributed by atoms with Crippen LogP contribution in [0.4, 0.5) is 28.2 Å². The fraction of sp³-hybridized carbons (Fsp3) is 0.273. The molecule has 14 heteroatoms. The first-order valence-electron chi connectivity index (χ1n) is 10.6. The lowest BCUT2D eigenvalue weighted by Gasteiger charge is -2.21. The van der Waals surface area contributed by atoms with E-state index in [9.17, 15) is 31.9 Å². The van der Waals surface area contributed by atoms with Crippen molar-refractivity contribution >= 4 is 52.0 Å². The Labute approximate surface area is 210 Å². The van der Waals surface area contributed by atoms with Crippen molar-refractivity contribution in [2.24, 2.45) is 0 Å². The zero-order valence-electron chi connectivity index (χ0n) is 18.4. The number of nitrogens with zero attached hydrogens (tertiary/aromatic N) is 3. The van der Waals surface area contributed by atoms with Gasteiger partial charge in [-0.2, -0.15) is 13.2 Å². The SMILES string of the molecule is CC[C@H](NC(=O)c1cn(-c2c(Cl)cc(F)cc2Cl)c2nc(N3CCNC3=O)ccc2c1=O)C(F)(F)F. The zero-order valence-corrected chi connectivity index (χ0v) is 19.9. The monoisotopic (exact) mass is 545 g/mol. The third-order valence-corrected chi connectivity index (χ3v) is 6.12. The Morgan fingerprint density at radius 3 is 2.44 bits per heavy atom. The fourth-order valence-corrected chi connectivity index (χ4v) is 4.42. The van der Waals surface area contributed by atoms with Crippen LogP contribution in [-0.2, 0) is 0 Å². The standard InChI is InChI=1S/C22H17Cl2F4N5O3/c1-2-15(22(26,27)28)30-20(35)12-9-33(17-13(23)7-10(25)8-14(17)24)19-11(18(12)34)3-4-16(31-19)32-6-5-29-21(32)36/h3-4,7-9,15H,2,5-6H2,1H3,(H,29,36)(H,30,35)/t15-/m0/s1. The highest BCUT2D eigenvalue weighted by Gasteiger charge is 2.39. The van der Waals surface area contributed by atoms with Crippen LogP contribution in [0.3, 0.4) is 0 Å². The van der Waals surface area contributed by atoms with Crippen LogP contribution < -0.4 is 21.0 Å². The summed E-state index contributed by atoms with van der Waals surface area (Å²) < 4.78 is 54.7. The van der Waals surface area contributed by atoms with Gasteiger partial charge in [-0.3, -0.25) is 19.1 Å². The molecule has 1 atom stereocenters. The van der Waals surface area contributed by atoms with Crippen LogP contribution in [0, 0.1) is 5.82 Å². The smallest absolute Gasteiger partial charge is 0.340 e. The number of aromatic nitrogens is 2. The van der Waals surface area contributed by atoms with Gasteiger partial charge in [-0.15, -0.1) is 0 Å². The number of rotatable bonds is 5. The molecule has 0 saturated carbocycles. The molecule has 1 aliphatic rings. The molecule has 0 radical (unpaired) electrons. The number of urea groups is 1. The lowest BCUT2D eigenvalue weighted by Crippen LogP contribution is -2.46. The molecular formula is C22H17Cl2F4N5O3. The van der Waals surface area contributed by atoms with E-state index in [4.69, 9.17) is 23.2 Å². The third kappa shape index (κ3) is 4.70. The van der Waals surface area contributed by atoms with Crippen molar-refractivity contribution in [3.63, 3.8) is 0 Å². The number of benzene rings is 1. The second kappa shape index (κ2) is 9.58. The second-order valence-corrected chi connectivity index (χ2v) is 8.67. The summed E-state index contributed by atoms with van der Waals surface area (Å²) in [6.45, 7) is 1.88. The number of hydrogen-bond donors (Lipinski definition) is 2. The Morgan fingerprint density at radius 1 is 1.22 bits per heavy atom. The molecule has 1 aliphatic heterocycles. The maximum atomic E-state index is 13.8. The summed E-state index contributed by atoms with van der Waals surface area (Å²) in [4.78, 5) is 43.8. The van der Waals surface area contributed by atoms with Crippen LogP contribution >= 0.6 is 23.2 Å². The van der Waals surface area contributed by atoms with Gasteiger partial charge in [0.2, 0.25) is 5.43 Å². The van der Waals surface area contributed by atoms with Gasteiger partial charge in [0.25, 0.3) is 5.91 Å². The normalized spacial score (nSPS) is 14.8. The molecule has 8 nitrogen and oxygen atoms in total. The highest BCUT2D eigenvalue weighted by molar-refractivity contribution is 6.37. The number of pyridine rings is 2. The summed E-state index contributed by atoms with van der Waals surface area (Å²) in [6.07, 6.45) is -4.26. The minimum atomic E-state index is -4.74. The van der Waals surface area contributed by atoms with Gasteiger partial charge in [-0.25, -0.2) is 14.2 Å². The van der Waals surface area contributed by atoms with Crippen molar-refractivity contribution in [3.8, 4) is 5.69 Å². The van der Waals surface area contributed by atoms with E-state index in [2.05, 4.69) is 10.3 Å². The number of hydrogen-bond acceptors (Lipinski definition) is 4. The molecule has 2 N–H and O–H groups in total. The molecule has 0 unspecified atom stereocenters. The molecule has 4 rings (SSSR count). The molecular weight excluding hydrogens is 529 g/mol. The number of alkyl halides is 3. The summed E-state index contributed by atoms with van der Waals surface area (Å²) in [6, 6.07) is 1.88. The second-order valence-electron chi connectivity index (χ2n) is 7.86. The molecule has 1 fully saturated rings. The number of amides is 3. The van der Waals surface area contributed by atoms with E-state index in [0.29, 0.717) is 6.54 Å². The number of carbonyl (C=O) groups is 2. The van der Waals surface area contributed by atoms with Crippen LogP contribution in [-0.4, -0.2) is 46.8 Å². The summed E-state index contributed by atoms with van der Waals surface area (Å²) in [5.74, 6) is -1.90. The molecule has 0 aliphatic carbocycles. The van der Waals surface area contributed by atoms with E-state index in [0.717, 1.165) is 22.9 Å². The quantitative estimate of drug-likeness (QED) is 0.463. The highest BCUT2D eigenvalue weighted by Crippen LogP contribution is 2.32. The van der Waals surface area contributed by atoms with E-state index < -0.39 is 47.4 Å². The number of halogens is 6. The van der Waals surface area contributed by atoms with Crippen molar-refractivity contribution in [2.75, 3.05) is 18.0 Å². The Morgan fingerprint density at radius 2 is 1.89 bits per heavy atom. The average molecular weight is 546 g/mol. The first-order chi connectivity index (χ1) is 16.9. The largest absolute Gasteiger partial charge is 0.408 e. The highest BCUT2D eigenvalue weighted by atomic mass is 35.5. The Hall–Kier alpha value is -3.38.